The Hall–Kier alpha value is -2.95. The van der Waals surface area contributed by atoms with Crippen LogP contribution in [-0.2, 0) is 21.5 Å². The van der Waals surface area contributed by atoms with E-state index < -0.39 is 5.97 Å². The van der Waals surface area contributed by atoms with E-state index in [1.165, 1.54) is 12.7 Å². The fourth-order valence-corrected chi connectivity index (χ4v) is 3.50. The first kappa shape index (κ1) is 17.9. The molecule has 0 unspecified atom stereocenters. The number of para-hydroxylation sites is 1. The van der Waals surface area contributed by atoms with Gasteiger partial charge in [0.25, 0.3) is 0 Å². The number of carbonyl (C=O) groups excluding carboxylic acids is 2. The molecule has 0 aliphatic carbocycles. The molecule has 0 bridgehead atoms. The minimum atomic E-state index is -0.419. The maximum Gasteiger partial charge on any atom is 0.343 e. The summed E-state index contributed by atoms with van der Waals surface area (Å²) in [5, 5.41) is 0. The quantitative estimate of drug-likeness (QED) is 0.483. The molecule has 1 aliphatic rings. The van der Waals surface area contributed by atoms with E-state index in [2.05, 4.69) is 30.9 Å². The Morgan fingerprint density at radius 2 is 1.92 bits per heavy atom. The first-order chi connectivity index (χ1) is 12.3. The normalized spacial score (nSPS) is 16.5. The number of allylic oxidation sites excluding steroid dienone is 2. The molecule has 5 nitrogen and oxygen atoms in total. The average Bonchev–Trinajstić information content (AvgIpc) is 2.82. The van der Waals surface area contributed by atoms with Crippen LogP contribution in [0.4, 0.5) is 5.69 Å². The van der Waals surface area contributed by atoms with Crippen LogP contribution >= 0.6 is 0 Å². The molecule has 1 aromatic heterocycles. The summed E-state index contributed by atoms with van der Waals surface area (Å²) in [7, 11) is 3.32. The lowest BCUT2D eigenvalue weighted by Crippen LogP contribution is -2.38. The van der Waals surface area contributed by atoms with Crippen LogP contribution in [0.5, 0.6) is 0 Å². The monoisotopic (exact) mass is 351 g/mol. The number of benzene rings is 1. The average molecular weight is 351 g/mol. The van der Waals surface area contributed by atoms with Gasteiger partial charge in [-0.2, -0.15) is 4.57 Å². The number of ether oxygens (including phenoxy) is 1. The zero-order valence-electron chi connectivity index (χ0n) is 15.5. The predicted octanol–water partition coefficient (Wildman–Crippen LogP) is 2.64. The second kappa shape index (κ2) is 6.75. The first-order valence-corrected chi connectivity index (χ1v) is 8.50. The molecule has 0 N–H and O–H groups in total. The maximum absolute atomic E-state index is 12.7. The summed E-state index contributed by atoms with van der Waals surface area (Å²) in [4.78, 5) is 26.4. The Balaban J connectivity index is 1.85. The second-order valence-electron chi connectivity index (χ2n) is 6.95. The third kappa shape index (κ3) is 3.12. The maximum atomic E-state index is 12.7. The molecule has 3 rings (SSSR count). The highest BCUT2D eigenvalue weighted by atomic mass is 16.5. The third-order valence-electron chi connectivity index (χ3n) is 4.86. The topological polar surface area (TPSA) is 50.5 Å². The first-order valence-electron chi connectivity index (χ1n) is 8.50. The number of rotatable bonds is 4. The van der Waals surface area contributed by atoms with E-state index >= 15 is 0 Å². The highest BCUT2D eigenvalue weighted by molar-refractivity contribution is 5.91. The molecular weight excluding hydrogens is 328 g/mol. The molecular formula is C21H23N2O3+. The van der Waals surface area contributed by atoms with Gasteiger partial charge in [0, 0.05) is 36.0 Å². The van der Waals surface area contributed by atoms with E-state index in [0.29, 0.717) is 5.56 Å². The van der Waals surface area contributed by atoms with Gasteiger partial charge < -0.3 is 9.64 Å². The summed E-state index contributed by atoms with van der Waals surface area (Å²) < 4.78 is 6.42. The fraction of sp³-hybridized carbons (Fsp3) is 0.286. The highest BCUT2D eigenvalue weighted by Gasteiger charge is 2.38. The molecule has 0 amide bonds. The smallest absolute Gasteiger partial charge is 0.343 e. The van der Waals surface area contributed by atoms with Gasteiger partial charge in [0.15, 0.2) is 12.4 Å². The van der Waals surface area contributed by atoms with Crippen molar-refractivity contribution in [1.82, 2.24) is 0 Å². The molecule has 134 valence electrons. The number of nitrogens with zero attached hydrogens (tertiary/aromatic N) is 2. The van der Waals surface area contributed by atoms with Crippen molar-refractivity contribution in [3.63, 3.8) is 0 Å². The third-order valence-corrected chi connectivity index (χ3v) is 4.86. The lowest BCUT2D eigenvalue weighted by molar-refractivity contribution is -0.684. The number of carbonyl (C=O) groups is 2. The van der Waals surface area contributed by atoms with Crippen molar-refractivity contribution in [2.75, 3.05) is 19.1 Å². The second-order valence-corrected chi connectivity index (χ2v) is 6.95. The highest BCUT2D eigenvalue weighted by Crippen LogP contribution is 2.46. The number of hydrogen-bond acceptors (Lipinski definition) is 4. The van der Waals surface area contributed by atoms with Crippen molar-refractivity contribution >= 4 is 17.4 Å². The van der Waals surface area contributed by atoms with E-state index in [-0.39, 0.29) is 17.7 Å². The van der Waals surface area contributed by atoms with Gasteiger partial charge in [0.05, 0.1) is 7.11 Å². The van der Waals surface area contributed by atoms with Gasteiger partial charge in [-0.25, -0.2) is 4.79 Å². The molecule has 0 radical (unpaired) electrons. The molecule has 0 atom stereocenters. The largest absolute Gasteiger partial charge is 0.465 e. The molecule has 0 saturated carbocycles. The summed E-state index contributed by atoms with van der Waals surface area (Å²) in [6.45, 7) is 4.41. The van der Waals surface area contributed by atoms with Gasteiger partial charge in [0.2, 0.25) is 12.3 Å². The SMILES string of the molecule is COC(=O)c1ccc[n+](CC(=O)/C=C2/N(C)c3ccccc3C2(C)C)c1. The fourth-order valence-electron chi connectivity index (χ4n) is 3.50. The van der Waals surface area contributed by atoms with Crippen LogP contribution in [0.25, 0.3) is 0 Å². The summed E-state index contributed by atoms with van der Waals surface area (Å²) in [5.41, 5.74) is 3.48. The van der Waals surface area contributed by atoms with Crippen molar-refractivity contribution in [3.05, 3.63) is 71.7 Å². The van der Waals surface area contributed by atoms with Crippen LogP contribution < -0.4 is 9.47 Å². The number of methoxy groups -OCH3 is 1. The molecule has 1 aromatic carbocycles. The Morgan fingerprint density at radius 1 is 1.19 bits per heavy atom. The van der Waals surface area contributed by atoms with Crippen molar-refractivity contribution in [1.29, 1.82) is 0 Å². The van der Waals surface area contributed by atoms with Crippen LogP contribution in [0.3, 0.4) is 0 Å². The minimum absolute atomic E-state index is 0.0280. The van der Waals surface area contributed by atoms with Gasteiger partial charge in [0.1, 0.15) is 5.56 Å². The molecule has 2 aromatic rings. The van der Waals surface area contributed by atoms with Crippen molar-refractivity contribution < 1.29 is 18.9 Å². The van der Waals surface area contributed by atoms with Crippen LogP contribution in [-0.4, -0.2) is 25.9 Å². The molecule has 1 aliphatic heterocycles. The van der Waals surface area contributed by atoms with Gasteiger partial charge in [-0.3, -0.25) is 4.79 Å². The Labute approximate surface area is 153 Å². The zero-order chi connectivity index (χ0) is 18.9. The lowest BCUT2D eigenvalue weighted by Gasteiger charge is -2.23. The van der Waals surface area contributed by atoms with Crippen molar-refractivity contribution in [2.24, 2.45) is 0 Å². The molecule has 5 heteroatoms. The Morgan fingerprint density at radius 3 is 2.62 bits per heavy atom. The van der Waals surface area contributed by atoms with Crippen molar-refractivity contribution in [2.45, 2.75) is 25.8 Å². The number of likely N-dealkylation sites (N-methyl/N-ethyl adjacent to an activating group) is 1. The number of hydrogen-bond donors (Lipinski definition) is 0. The molecule has 0 saturated heterocycles. The summed E-state index contributed by atoms with van der Waals surface area (Å²) in [5.74, 6) is -0.447. The zero-order valence-corrected chi connectivity index (χ0v) is 15.5. The van der Waals surface area contributed by atoms with Gasteiger partial charge in [-0.1, -0.05) is 32.0 Å². The minimum Gasteiger partial charge on any atom is -0.465 e. The van der Waals surface area contributed by atoms with Crippen molar-refractivity contribution in [3.8, 4) is 0 Å². The number of pyridine rings is 1. The Kier molecular flexibility index (Phi) is 4.64. The predicted molar refractivity (Wildman–Crippen MR) is 98.9 cm³/mol. The van der Waals surface area contributed by atoms with E-state index in [1.54, 1.807) is 35.2 Å². The number of ketones is 1. The molecule has 0 fully saturated rings. The Bertz CT molecular complexity index is 900. The number of anilines is 1. The summed E-state index contributed by atoms with van der Waals surface area (Å²) >= 11 is 0. The molecule has 26 heavy (non-hydrogen) atoms. The van der Waals surface area contributed by atoms with Gasteiger partial charge >= 0.3 is 5.97 Å². The molecule has 2 heterocycles. The van der Waals surface area contributed by atoms with Crippen LogP contribution in [0.1, 0.15) is 29.8 Å². The molecule has 0 spiro atoms. The van der Waals surface area contributed by atoms with E-state index in [0.717, 1.165) is 11.4 Å². The number of esters is 1. The van der Waals surface area contributed by atoms with E-state index in [1.807, 2.05) is 19.2 Å². The van der Waals surface area contributed by atoms with Crippen LogP contribution in [0.15, 0.2) is 60.6 Å². The van der Waals surface area contributed by atoms with Crippen LogP contribution in [0.2, 0.25) is 0 Å². The standard InChI is InChI=1S/C21H23N2O3/c1-21(2)17-9-5-6-10-18(17)22(3)19(21)12-16(24)14-23-11-7-8-15(13-23)20(25)26-4/h5-13H,14H2,1-4H3/q+1/b19-12+. The van der Waals surface area contributed by atoms with E-state index in [9.17, 15) is 9.59 Å². The van der Waals surface area contributed by atoms with Gasteiger partial charge in [-0.15, -0.1) is 0 Å². The number of aromatic nitrogens is 1. The summed E-state index contributed by atoms with van der Waals surface area (Å²) in [6.07, 6.45) is 5.10. The van der Waals surface area contributed by atoms with Gasteiger partial charge in [-0.05, 0) is 17.7 Å². The van der Waals surface area contributed by atoms with E-state index in [4.69, 9.17) is 4.74 Å². The lowest BCUT2D eigenvalue weighted by atomic mass is 9.83. The number of fused-ring (bicyclic) bond motifs is 1. The summed E-state index contributed by atoms with van der Waals surface area (Å²) in [6, 6.07) is 11.6. The van der Waals surface area contributed by atoms with Crippen LogP contribution in [0, 0.1) is 0 Å².